The fraction of sp³-hybridized carbons (Fsp3) is 0.647. The van der Waals surface area contributed by atoms with Gasteiger partial charge < -0.3 is 4.90 Å². The van der Waals surface area contributed by atoms with Crippen LogP contribution in [0.4, 0.5) is 5.69 Å². The summed E-state index contributed by atoms with van der Waals surface area (Å²) >= 11 is 0. The second-order valence-electron chi connectivity index (χ2n) is 7.27. The molecule has 19 heavy (non-hydrogen) atoms. The summed E-state index contributed by atoms with van der Waals surface area (Å²) < 4.78 is 0. The molecule has 3 aliphatic heterocycles. The van der Waals surface area contributed by atoms with E-state index in [0.717, 1.165) is 12.1 Å². The van der Waals surface area contributed by atoms with Crippen LogP contribution in [-0.4, -0.2) is 37.1 Å². The van der Waals surface area contributed by atoms with Crippen LogP contribution in [0.25, 0.3) is 0 Å². The molecule has 2 nitrogen and oxygen atoms in total. The van der Waals surface area contributed by atoms with Gasteiger partial charge in [0, 0.05) is 30.9 Å². The highest BCUT2D eigenvalue weighted by Crippen LogP contribution is 2.33. The molecule has 3 fully saturated rings. The third kappa shape index (κ3) is 2.38. The Labute approximate surface area is 117 Å². The highest BCUT2D eigenvalue weighted by atomic mass is 15.3. The lowest BCUT2D eigenvalue weighted by Crippen LogP contribution is -2.61. The molecule has 3 aliphatic rings. The van der Waals surface area contributed by atoms with Crippen LogP contribution in [0.3, 0.4) is 0 Å². The smallest absolute Gasteiger partial charge is 0.0418 e. The van der Waals surface area contributed by atoms with Crippen molar-refractivity contribution in [1.29, 1.82) is 0 Å². The minimum atomic E-state index is 0.250. The number of likely N-dealkylation sites (N-methyl/N-ethyl adjacent to an activating group) is 1. The van der Waals surface area contributed by atoms with E-state index in [9.17, 15) is 0 Å². The first-order chi connectivity index (χ1) is 8.95. The molecule has 1 aromatic rings. The zero-order chi connectivity index (χ0) is 13.6. The third-order valence-corrected chi connectivity index (χ3v) is 4.87. The first-order valence-electron chi connectivity index (χ1n) is 7.52. The summed E-state index contributed by atoms with van der Waals surface area (Å²) in [6.45, 7) is 9.27. The van der Waals surface area contributed by atoms with Crippen molar-refractivity contribution in [3.05, 3.63) is 29.8 Å². The van der Waals surface area contributed by atoms with Crippen LogP contribution in [0.1, 0.15) is 39.2 Å². The summed E-state index contributed by atoms with van der Waals surface area (Å²) in [5.74, 6) is 0. The fourth-order valence-corrected chi connectivity index (χ4v) is 3.51. The quantitative estimate of drug-likeness (QED) is 0.763. The Balaban J connectivity index is 1.80. The summed E-state index contributed by atoms with van der Waals surface area (Å²) in [6.07, 6.45) is 2.73. The van der Waals surface area contributed by atoms with Gasteiger partial charge in [-0.25, -0.2) is 0 Å². The molecule has 3 heterocycles. The van der Waals surface area contributed by atoms with Gasteiger partial charge in [-0.15, -0.1) is 0 Å². The van der Waals surface area contributed by atoms with Crippen molar-refractivity contribution in [2.75, 3.05) is 25.0 Å². The standard InChI is InChI=1S/C17H26N2/c1-17(2,3)13-5-7-14(8-6-13)19-12-15-9-10-16(19)11-18(15)4/h5-8,15-16H,9-12H2,1-4H3. The van der Waals surface area contributed by atoms with E-state index >= 15 is 0 Å². The predicted molar refractivity (Wildman–Crippen MR) is 81.9 cm³/mol. The Morgan fingerprint density at radius 3 is 2.05 bits per heavy atom. The van der Waals surface area contributed by atoms with Gasteiger partial charge in [0.25, 0.3) is 0 Å². The van der Waals surface area contributed by atoms with Gasteiger partial charge in [-0.2, -0.15) is 0 Å². The molecule has 2 unspecified atom stereocenters. The van der Waals surface area contributed by atoms with Crippen molar-refractivity contribution in [2.45, 2.75) is 51.1 Å². The number of rotatable bonds is 1. The molecule has 0 aliphatic carbocycles. The van der Waals surface area contributed by atoms with Crippen LogP contribution in [0, 0.1) is 0 Å². The Morgan fingerprint density at radius 1 is 0.947 bits per heavy atom. The van der Waals surface area contributed by atoms with Crippen LogP contribution in [0.2, 0.25) is 0 Å². The van der Waals surface area contributed by atoms with E-state index < -0.39 is 0 Å². The van der Waals surface area contributed by atoms with E-state index in [1.54, 1.807) is 0 Å². The average molecular weight is 258 g/mol. The Hall–Kier alpha value is -1.02. The molecular weight excluding hydrogens is 232 g/mol. The first kappa shape index (κ1) is 13.0. The highest BCUT2D eigenvalue weighted by molar-refractivity contribution is 5.51. The summed E-state index contributed by atoms with van der Waals surface area (Å²) in [6, 6.07) is 10.7. The van der Waals surface area contributed by atoms with Crippen molar-refractivity contribution < 1.29 is 0 Å². The molecule has 3 saturated heterocycles. The lowest BCUT2D eigenvalue weighted by atomic mass is 9.86. The maximum atomic E-state index is 2.63. The first-order valence-corrected chi connectivity index (χ1v) is 7.52. The molecule has 0 saturated carbocycles. The zero-order valence-corrected chi connectivity index (χ0v) is 12.7. The number of anilines is 1. The third-order valence-electron chi connectivity index (χ3n) is 4.87. The minimum absolute atomic E-state index is 0.250. The van der Waals surface area contributed by atoms with Crippen molar-refractivity contribution in [3.8, 4) is 0 Å². The van der Waals surface area contributed by atoms with E-state index in [0.29, 0.717) is 0 Å². The monoisotopic (exact) mass is 258 g/mol. The van der Waals surface area contributed by atoms with Gasteiger partial charge >= 0.3 is 0 Å². The zero-order valence-electron chi connectivity index (χ0n) is 12.7. The molecule has 4 rings (SSSR count). The van der Waals surface area contributed by atoms with Crippen molar-refractivity contribution in [3.63, 3.8) is 0 Å². The number of piperazine rings is 1. The van der Waals surface area contributed by atoms with Gasteiger partial charge in [0.15, 0.2) is 0 Å². The molecule has 2 atom stereocenters. The fourth-order valence-electron chi connectivity index (χ4n) is 3.51. The SMILES string of the molecule is CN1CC2CCC1CN2c1ccc(C(C)(C)C)cc1. The molecule has 0 spiro atoms. The van der Waals surface area contributed by atoms with E-state index in [1.165, 1.54) is 37.2 Å². The minimum Gasteiger partial charge on any atom is -0.366 e. The lowest BCUT2D eigenvalue weighted by molar-refractivity contribution is 0.125. The molecule has 1 aromatic carbocycles. The molecule has 0 amide bonds. The van der Waals surface area contributed by atoms with Gasteiger partial charge in [0.2, 0.25) is 0 Å². The molecule has 0 aromatic heterocycles. The summed E-state index contributed by atoms with van der Waals surface area (Å²) in [5.41, 5.74) is 3.09. The highest BCUT2D eigenvalue weighted by Gasteiger charge is 2.37. The maximum Gasteiger partial charge on any atom is 0.0418 e. The number of piperidine rings is 2. The summed E-state index contributed by atoms with van der Waals surface area (Å²) in [7, 11) is 2.27. The van der Waals surface area contributed by atoms with Gasteiger partial charge in [-0.1, -0.05) is 32.9 Å². The Bertz CT molecular complexity index is 443. The summed E-state index contributed by atoms with van der Waals surface area (Å²) in [4.78, 5) is 5.16. The Morgan fingerprint density at radius 2 is 1.58 bits per heavy atom. The van der Waals surface area contributed by atoms with Crippen LogP contribution in [0.5, 0.6) is 0 Å². The summed E-state index contributed by atoms with van der Waals surface area (Å²) in [5, 5.41) is 0. The van der Waals surface area contributed by atoms with Crippen LogP contribution >= 0.6 is 0 Å². The van der Waals surface area contributed by atoms with E-state index in [4.69, 9.17) is 0 Å². The normalized spacial score (nSPS) is 27.9. The van der Waals surface area contributed by atoms with Crippen LogP contribution in [0.15, 0.2) is 24.3 Å². The number of nitrogens with zero attached hydrogens (tertiary/aromatic N) is 2. The van der Waals surface area contributed by atoms with E-state index in [2.05, 4.69) is 61.9 Å². The Kier molecular flexibility index (Phi) is 3.09. The van der Waals surface area contributed by atoms with E-state index in [1.807, 2.05) is 0 Å². The number of hydrogen-bond donors (Lipinski definition) is 0. The lowest BCUT2D eigenvalue weighted by Gasteiger charge is -2.51. The van der Waals surface area contributed by atoms with Crippen LogP contribution in [-0.2, 0) is 5.41 Å². The molecule has 0 radical (unpaired) electrons. The predicted octanol–water partition coefficient (Wildman–Crippen LogP) is 3.27. The maximum absolute atomic E-state index is 2.63. The van der Waals surface area contributed by atoms with Crippen LogP contribution < -0.4 is 4.90 Å². The average Bonchev–Trinajstić information content (AvgIpc) is 2.38. The number of hydrogen-bond acceptors (Lipinski definition) is 2. The van der Waals surface area contributed by atoms with Crippen molar-refractivity contribution >= 4 is 5.69 Å². The van der Waals surface area contributed by atoms with Crippen molar-refractivity contribution in [2.24, 2.45) is 0 Å². The molecule has 0 N–H and O–H groups in total. The van der Waals surface area contributed by atoms with Gasteiger partial charge in [0.05, 0.1) is 0 Å². The van der Waals surface area contributed by atoms with Gasteiger partial charge in [-0.05, 0) is 43.0 Å². The topological polar surface area (TPSA) is 6.48 Å². The molecular formula is C17H26N2. The number of fused-ring (bicyclic) bond motifs is 3. The largest absolute Gasteiger partial charge is 0.366 e. The molecule has 2 bridgehead atoms. The van der Waals surface area contributed by atoms with Gasteiger partial charge in [0.1, 0.15) is 0 Å². The molecule has 104 valence electrons. The molecule has 2 heteroatoms. The second-order valence-corrected chi connectivity index (χ2v) is 7.27. The number of benzene rings is 1. The van der Waals surface area contributed by atoms with Gasteiger partial charge in [-0.3, -0.25) is 4.90 Å². The second kappa shape index (κ2) is 4.52. The van der Waals surface area contributed by atoms with E-state index in [-0.39, 0.29) is 5.41 Å². The van der Waals surface area contributed by atoms with Crippen molar-refractivity contribution in [1.82, 2.24) is 4.90 Å².